The fraction of sp³-hybridized carbons (Fsp3) is 0.333. The van der Waals surface area contributed by atoms with Gasteiger partial charge in [-0.15, -0.1) is 0 Å². The van der Waals surface area contributed by atoms with Crippen LogP contribution in [0.25, 0.3) is 0 Å². The molecule has 4 nitrogen and oxygen atoms in total. The Kier molecular flexibility index (Phi) is 5.66. The van der Waals surface area contributed by atoms with Crippen molar-refractivity contribution in [1.29, 1.82) is 0 Å². The minimum absolute atomic E-state index is 0.0875. The summed E-state index contributed by atoms with van der Waals surface area (Å²) in [4.78, 5) is 0. The first kappa shape index (κ1) is 17.3. The molecule has 0 fully saturated rings. The Morgan fingerprint density at radius 3 is 2.35 bits per heavy atom. The van der Waals surface area contributed by atoms with Crippen LogP contribution in [0.15, 0.2) is 42.5 Å². The van der Waals surface area contributed by atoms with Gasteiger partial charge < -0.3 is 4.74 Å². The molecular formula is C18H23NO3S. The summed E-state index contributed by atoms with van der Waals surface area (Å²) < 4.78 is 32.4. The van der Waals surface area contributed by atoms with Crippen molar-refractivity contribution in [2.75, 3.05) is 17.1 Å². The molecule has 0 saturated carbocycles. The molecule has 0 atom stereocenters. The summed E-state index contributed by atoms with van der Waals surface area (Å²) in [6.45, 7) is 6.06. The second-order valence-corrected chi connectivity index (χ2v) is 7.43. The highest BCUT2D eigenvalue weighted by atomic mass is 32.2. The number of hydrogen-bond donors (Lipinski definition) is 1. The predicted octanol–water partition coefficient (Wildman–Crippen LogP) is 3.69. The van der Waals surface area contributed by atoms with E-state index in [0.29, 0.717) is 11.4 Å². The molecule has 0 saturated heterocycles. The van der Waals surface area contributed by atoms with E-state index in [4.69, 9.17) is 4.74 Å². The summed E-state index contributed by atoms with van der Waals surface area (Å²) in [5.41, 5.74) is 3.85. The maximum Gasteiger partial charge on any atom is 0.236 e. The van der Waals surface area contributed by atoms with E-state index in [1.165, 1.54) is 5.56 Å². The molecule has 0 heterocycles. The summed E-state index contributed by atoms with van der Waals surface area (Å²) in [7, 11) is -3.43. The van der Waals surface area contributed by atoms with Gasteiger partial charge in [-0.2, -0.15) is 0 Å². The number of hydrogen-bond acceptors (Lipinski definition) is 3. The third kappa shape index (κ3) is 5.28. The van der Waals surface area contributed by atoms with Crippen molar-refractivity contribution in [2.45, 2.75) is 27.2 Å². The Labute approximate surface area is 138 Å². The number of sulfonamides is 1. The average Bonchev–Trinajstić information content (AvgIpc) is 2.50. The van der Waals surface area contributed by atoms with E-state index in [-0.39, 0.29) is 12.4 Å². The fourth-order valence-electron chi connectivity index (χ4n) is 2.24. The largest absolute Gasteiger partial charge is 0.492 e. The Morgan fingerprint density at radius 2 is 1.74 bits per heavy atom. The molecule has 2 aromatic carbocycles. The second-order valence-electron chi connectivity index (χ2n) is 5.59. The average molecular weight is 333 g/mol. The summed E-state index contributed by atoms with van der Waals surface area (Å²) in [5, 5.41) is 0. The third-order valence-corrected chi connectivity index (χ3v) is 4.83. The van der Waals surface area contributed by atoms with Crippen molar-refractivity contribution >= 4 is 15.7 Å². The minimum Gasteiger partial charge on any atom is -0.492 e. The van der Waals surface area contributed by atoms with Crippen molar-refractivity contribution < 1.29 is 13.2 Å². The van der Waals surface area contributed by atoms with Crippen LogP contribution in [0.2, 0.25) is 0 Å². The zero-order valence-electron chi connectivity index (χ0n) is 13.8. The number of anilines is 1. The number of nitrogens with one attached hydrogen (secondary N) is 1. The second kappa shape index (κ2) is 7.51. The summed E-state index contributed by atoms with van der Waals surface area (Å²) in [5.74, 6) is 0.597. The van der Waals surface area contributed by atoms with E-state index < -0.39 is 10.0 Å². The fourth-order valence-corrected chi connectivity index (χ4v) is 3.21. The first-order valence-corrected chi connectivity index (χ1v) is 9.34. The van der Waals surface area contributed by atoms with Gasteiger partial charge in [0.05, 0.1) is 5.69 Å². The number of aryl methyl sites for hydroxylation is 3. The molecule has 0 aliphatic heterocycles. The quantitative estimate of drug-likeness (QED) is 0.841. The number of benzene rings is 2. The van der Waals surface area contributed by atoms with Crippen LogP contribution in [0.1, 0.15) is 23.6 Å². The summed E-state index contributed by atoms with van der Waals surface area (Å²) >= 11 is 0. The lowest BCUT2D eigenvalue weighted by Crippen LogP contribution is -2.21. The van der Waals surface area contributed by atoms with Crippen molar-refractivity contribution in [3.05, 3.63) is 59.2 Å². The zero-order chi connectivity index (χ0) is 16.9. The predicted molar refractivity (Wildman–Crippen MR) is 94.6 cm³/mol. The maximum absolute atomic E-state index is 12.1. The normalized spacial score (nSPS) is 11.3. The molecule has 0 aliphatic carbocycles. The molecule has 23 heavy (non-hydrogen) atoms. The highest BCUT2D eigenvalue weighted by Gasteiger charge is 2.12. The topological polar surface area (TPSA) is 55.4 Å². The van der Waals surface area contributed by atoms with Gasteiger partial charge in [-0.3, -0.25) is 4.72 Å². The van der Waals surface area contributed by atoms with Crippen molar-refractivity contribution in [3.8, 4) is 5.75 Å². The zero-order valence-corrected chi connectivity index (χ0v) is 14.6. The third-order valence-electron chi connectivity index (χ3n) is 3.60. The lowest BCUT2D eigenvalue weighted by molar-refractivity contribution is 0.341. The van der Waals surface area contributed by atoms with Gasteiger partial charge in [0, 0.05) is 0 Å². The van der Waals surface area contributed by atoms with Gasteiger partial charge in [0.1, 0.15) is 18.1 Å². The summed E-state index contributed by atoms with van der Waals surface area (Å²) in [6, 6.07) is 13.3. The standard InChI is InChI=1S/C18H23NO3S/c1-4-16-6-8-17(9-7-16)22-11-12-23(20,21)19-18-10-5-14(2)13-15(18)3/h5-10,13,19H,4,11-12H2,1-3H3. The van der Waals surface area contributed by atoms with Gasteiger partial charge in [-0.1, -0.05) is 36.8 Å². The molecule has 0 unspecified atom stereocenters. The first-order valence-electron chi connectivity index (χ1n) is 7.69. The van der Waals surface area contributed by atoms with Crippen LogP contribution in [-0.2, 0) is 16.4 Å². The van der Waals surface area contributed by atoms with Crippen LogP contribution in [0.3, 0.4) is 0 Å². The molecule has 124 valence electrons. The Hall–Kier alpha value is -2.01. The highest BCUT2D eigenvalue weighted by molar-refractivity contribution is 7.92. The lowest BCUT2D eigenvalue weighted by Gasteiger charge is -2.12. The summed E-state index contributed by atoms with van der Waals surface area (Å²) in [6.07, 6.45) is 0.967. The van der Waals surface area contributed by atoms with E-state index in [1.54, 1.807) is 6.07 Å². The van der Waals surface area contributed by atoms with Crippen LogP contribution in [0.4, 0.5) is 5.69 Å². The van der Waals surface area contributed by atoms with Crippen LogP contribution in [-0.4, -0.2) is 20.8 Å². The minimum atomic E-state index is -3.43. The van der Waals surface area contributed by atoms with Crippen molar-refractivity contribution in [3.63, 3.8) is 0 Å². The molecule has 0 amide bonds. The SMILES string of the molecule is CCc1ccc(OCCS(=O)(=O)Nc2ccc(C)cc2C)cc1. The maximum atomic E-state index is 12.1. The van der Waals surface area contributed by atoms with Crippen molar-refractivity contribution in [1.82, 2.24) is 0 Å². The van der Waals surface area contributed by atoms with Crippen LogP contribution in [0, 0.1) is 13.8 Å². The molecule has 0 bridgehead atoms. The number of ether oxygens (including phenoxy) is 1. The van der Waals surface area contributed by atoms with Gasteiger partial charge in [0.2, 0.25) is 10.0 Å². The monoisotopic (exact) mass is 333 g/mol. The highest BCUT2D eigenvalue weighted by Crippen LogP contribution is 2.18. The van der Waals surface area contributed by atoms with Gasteiger partial charge in [0.15, 0.2) is 0 Å². The Bertz CT molecular complexity index is 752. The molecule has 0 spiro atoms. The van der Waals surface area contributed by atoms with Gasteiger partial charge in [-0.25, -0.2) is 8.42 Å². The Morgan fingerprint density at radius 1 is 1.04 bits per heavy atom. The van der Waals surface area contributed by atoms with Gasteiger partial charge in [-0.05, 0) is 49.6 Å². The van der Waals surface area contributed by atoms with E-state index in [1.807, 2.05) is 50.2 Å². The van der Waals surface area contributed by atoms with Crippen LogP contribution in [0.5, 0.6) is 5.75 Å². The molecule has 1 N–H and O–H groups in total. The molecular weight excluding hydrogens is 310 g/mol. The van der Waals surface area contributed by atoms with E-state index in [0.717, 1.165) is 17.5 Å². The van der Waals surface area contributed by atoms with E-state index in [2.05, 4.69) is 11.6 Å². The van der Waals surface area contributed by atoms with E-state index in [9.17, 15) is 8.42 Å². The molecule has 0 aromatic heterocycles. The van der Waals surface area contributed by atoms with Crippen LogP contribution >= 0.6 is 0 Å². The molecule has 2 rings (SSSR count). The molecule has 0 radical (unpaired) electrons. The van der Waals surface area contributed by atoms with Gasteiger partial charge >= 0.3 is 0 Å². The molecule has 5 heteroatoms. The molecule has 2 aromatic rings. The van der Waals surface area contributed by atoms with Gasteiger partial charge in [0.25, 0.3) is 0 Å². The molecule has 0 aliphatic rings. The first-order chi connectivity index (χ1) is 10.9. The number of rotatable bonds is 7. The van der Waals surface area contributed by atoms with Crippen LogP contribution < -0.4 is 9.46 Å². The Balaban J connectivity index is 1.90. The van der Waals surface area contributed by atoms with Crippen molar-refractivity contribution in [2.24, 2.45) is 0 Å². The van der Waals surface area contributed by atoms with E-state index >= 15 is 0 Å². The smallest absolute Gasteiger partial charge is 0.236 e. The lowest BCUT2D eigenvalue weighted by atomic mass is 10.1.